The molecule has 26 heavy (non-hydrogen) atoms. The van der Waals surface area contributed by atoms with E-state index in [0.29, 0.717) is 11.4 Å². The molecule has 0 atom stereocenters. The zero-order valence-corrected chi connectivity index (χ0v) is 15.7. The average Bonchev–Trinajstić information content (AvgIpc) is 3.15. The molecule has 0 bridgehead atoms. The molecule has 2 aliphatic heterocycles. The molecule has 0 radical (unpaired) electrons. The molecule has 0 unspecified atom stereocenters. The van der Waals surface area contributed by atoms with Crippen LogP contribution < -0.4 is 16.0 Å². The Morgan fingerprint density at radius 3 is 2.81 bits per heavy atom. The van der Waals surface area contributed by atoms with Crippen molar-refractivity contribution in [2.45, 2.75) is 37.8 Å². The van der Waals surface area contributed by atoms with Crippen LogP contribution in [0.1, 0.15) is 36.1 Å². The van der Waals surface area contributed by atoms with Gasteiger partial charge in [-0.05, 0) is 55.9 Å². The molecule has 1 spiro atoms. The molecule has 0 amide bonds. The molecule has 1 saturated heterocycles. The van der Waals surface area contributed by atoms with Gasteiger partial charge in [0.15, 0.2) is 0 Å². The monoisotopic (exact) mass is 372 g/mol. The molecule has 4 rings (SSSR count). The number of hydrogen-bond donors (Lipinski definition) is 2. The molecule has 1 aromatic carbocycles. The highest BCUT2D eigenvalue weighted by Gasteiger charge is 2.42. The van der Waals surface area contributed by atoms with Gasteiger partial charge in [0.05, 0.1) is 11.3 Å². The van der Waals surface area contributed by atoms with E-state index < -0.39 is 0 Å². The Kier molecular flexibility index (Phi) is 4.96. The Hall–Kier alpha value is -1.92. The number of aryl methyl sites for hydroxylation is 1. The summed E-state index contributed by atoms with van der Waals surface area (Å²) < 4.78 is 14.4. The van der Waals surface area contributed by atoms with E-state index in [4.69, 9.17) is 10.7 Å². The van der Waals surface area contributed by atoms with E-state index in [1.54, 1.807) is 6.07 Å². The summed E-state index contributed by atoms with van der Waals surface area (Å²) in [6, 6.07) is 9.53. The van der Waals surface area contributed by atoms with Gasteiger partial charge in [-0.3, -0.25) is 0 Å². The molecule has 0 saturated carbocycles. The van der Waals surface area contributed by atoms with E-state index in [2.05, 4.69) is 27.7 Å². The van der Waals surface area contributed by atoms with E-state index in [-0.39, 0.29) is 11.5 Å². The van der Waals surface area contributed by atoms with Gasteiger partial charge in [-0.15, -0.1) is 11.3 Å². The largest absolute Gasteiger partial charge is 0.383 e. The first kappa shape index (κ1) is 17.5. The molecule has 3 heterocycles. The Balaban J connectivity index is 1.57. The molecule has 2 aromatic rings. The van der Waals surface area contributed by atoms with E-state index in [9.17, 15) is 4.39 Å². The van der Waals surface area contributed by atoms with Crippen molar-refractivity contribution in [3.8, 4) is 0 Å². The van der Waals surface area contributed by atoms with Crippen LogP contribution in [0.15, 0.2) is 40.7 Å². The first-order valence-electron chi connectivity index (χ1n) is 9.35. The summed E-state index contributed by atoms with van der Waals surface area (Å²) in [5.41, 5.74) is 7.23. The van der Waals surface area contributed by atoms with Crippen LogP contribution >= 0.6 is 11.3 Å². The van der Waals surface area contributed by atoms with Crippen molar-refractivity contribution in [3.05, 3.63) is 52.0 Å². The predicted molar refractivity (Wildman–Crippen MR) is 107 cm³/mol. The number of fused-ring (bicyclic) bond motifs is 1. The zero-order chi connectivity index (χ0) is 18.0. The molecule has 1 aromatic heterocycles. The maximum atomic E-state index is 14.4. The van der Waals surface area contributed by atoms with Gasteiger partial charge in [0.2, 0.25) is 0 Å². The third-order valence-corrected chi connectivity index (χ3v) is 6.35. The van der Waals surface area contributed by atoms with Crippen molar-refractivity contribution in [1.82, 2.24) is 5.32 Å². The number of benzene rings is 1. The van der Waals surface area contributed by atoms with E-state index in [1.807, 2.05) is 17.4 Å². The number of thiophene rings is 1. The standard InChI is InChI=1S/C20H25FN4S/c21-16-7-3-8-17-18(16)19(22)24-20(9-11-23-12-10-20)25(17)13-2-1-5-15-6-4-14-26-15/h3-4,6-8,14,23H,1-2,5,9-13H2,(H2,22,24). The minimum atomic E-state index is -0.334. The summed E-state index contributed by atoms with van der Waals surface area (Å²) in [6.07, 6.45) is 5.07. The minimum absolute atomic E-state index is 0.281. The number of halogens is 1. The highest BCUT2D eigenvalue weighted by molar-refractivity contribution is 7.09. The second-order valence-corrected chi connectivity index (χ2v) is 8.08. The summed E-state index contributed by atoms with van der Waals surface area (Å²) in [7, 11) is 0. The fraction of sp³-hybridized carbons (Fsp3) is 0.450. The number of hydrogen-bond acceptors (Lipinski definition) is 5. The number of piperidine rings is 1. The van der Waals surface area contributed by atoms with Crippen LogP contribution in [0.3, 0.4) is 0 Å². The first-order valence-corrected chi connectivity index (χ1v) is 10.2. The lowest BCUT2D eigenvalue weighted by Gasteiger charge is -2.48. The van der Waals surface area contributed by atoms with Gasteiger partial charge in [-0.1, -0.05) is 12.1 Å². The van der Waals surface area contributed by atoms with Gasteiger partial charge >= 0.3 is 0 Å². The van der Waals surface area contributed by atoms with Crippen LogP contribution in [0.2, 0.25) is 0 Å². The number of unbranched alkanes of at least 4 members (excludes halogenated alkanes) is 1. The van der Waals surface area contributed by atoms with E-state index in [0.717, 1.165) is 57.4 Å². The molecule has 6 heteroatoms. The van der Waals surface area contributed by atoms with Gasteiger partial charge in [-0.25, -0.2) is 9.38 Å². The quantitative estimate of drug-likeness (QED) is 0.790. The van der Waals surface area contributed by atoms with Crippen molar-refractivity contribution in [3.63, 3.8) is 0 Å². The topological polar surface area (TPSA) is 53.6 Å². The van der Waals surface area contributed by atoms with Crippen molar-refractivity contribution in [2.75, 3.05) is 24.5 Å². The van der Waals surface area contributed by atoms with Gasteiger partial charge in [-0.2, -0.15) is 0 Å². The van der Waals surface area contributed by atoms with Crippen molar-refractivity contribution >= 4 is 22.9 Å². The zero-order valence-electron chi connectivity index (χ0n) is 14.9. The smallest absolute Gasteiger partial charge is 0.136 e. The first-order chi connectivity index (χ1) is 12.7. The maximum Gasteiger partial charge on any atom is 0.136 e. The fourth-order valence-corrected chi connectivity index (χ4v) is 4.87. The molecule has 2 aliphatic rings. The summed E-state index contributed by atoms with van der Waals surface area (Å²) in [4.78, 5) is 8.57. The van der Waals surface area contributed by atoms with Gasteiger partial charge in [0.25, 0.3) is 0 Å². The summed E-state index contributed by atoms with van der Waals surface area (Å²) in [6.45, 7) is 2.69. The molecular formula is C20H25FN4S. The van der Waals surface area contributed by atoms with Crippen molar-refractivity contribution in [1.29, 1.82) is 0 Å². The normalized spacial score (nSPS) is 18.7. The Morgan fingerprint density at radius 1 is 1.19 bits per heavy atom. The lowest BCUT2D eigenvalue weighted by Crippen LogP contribution is -2.57. The Bertz CT molecular complexity index is 781. The summed E-state index contributed by atoms with van der Waals surface area (Å²) in [5.74, 6) is 0.0611. The summed E-state index contributed by atoms with van der Waals surface area (Å²) >= 11 is 1.81. The lowest BCUT2D eigenvalue weighted by atomic mass is 9.91. The van der Waals surface area contributed by atoms with Crippen LogP contribution in [0.5, 0.6) is 0 Å². The molecule has 138 valence electrons. The predicted octanol–water partition coefficient (Wildman–Crippen LogP) is 3.52. The maximum absolute atomic E-state index is 14.4. The third-order valence-electron chi connectivity index (χ3n) is 5.41. The Morgan fingerprint density at radius 2 is 2.04 bits per heavy atom. The van der Waals surface area contributed by atoms with E-state index >= 15 is 0 Å². The minimum Gasteiger partial charge on any atom is -0.383 e. The van der Waals surface area contributed by atoms with Crippen molar-refractivity contribution in [2.24, 2.45) is 10.7 Å². The second-order valence-electron chi connectivity index (χ2n) is 7.05. The summed E-state index contributed by atoms with van der Waals surface area (Å²) in [5, 5.41) is 5.53. The van der Waals surface area contributed by atoms with Crippen LogP contribution in [0.4, 0.5) is 10.1 Å². The van der Waals surface area contributed by atoms with Crippen LogP contribution in [-0.2, 0) is 6.42 Å². The van der Waals surface area contributed by atoms with Gasteiger partial charge in [0, 0.05) is 24.3 Å². The molecule has 1 fully saturated rings. The number of nitrogens with one attached hydrogen (secondary N) is 1. The number of nitrogens with two attached hydrogens (primary N) is 1. The average molecular weight is 373 g/mol. The molecule has 3 N–H and O–H groups in total. The van der Waals surface area contributed by atoms with Gasteiger partial charge in [0.1, 0.15) is 17.3 Å². The number of anilines is 1. The highest BCUT2D eigenvalue weighted by atomic mass is 32.1. The SMILES string of the molecule is NC1=NC2(CCNCC2)N(CCCCc2cccs2)c2cccc(F)c21. The van der Waals surface area contributed by atoms with Gasteiger partial charge < -0.3 is 16.0 Å². The number of aliphatic imine (C=N–C) groups is 1. The number of rotatable bonds is 5. The Labute approximate surface area is 157 Å². The van der Waals surface area contributed by atoms with Crippen LogP contribution in [0.25, 0.3) is 0 Å². The van der Waals surface area contributed by atoms with Crippen LogP contribution in [-0.4, -0.2) is 31.1 Å². The highest BCUT2D eigenvalue weighted by Crippen LogP contribution is 2.39. The molecule has 4 nitrogen and oxygen atoms in total. The lowest BCUT2D eigenvalue weighted by molar-refractivity contribution is 0.293. The second kappa shape index (κ2) is 7.37. The fourth-order valence-electron chi connectivity index (χ4n) is 4.12. The molecule has 0 aliphatic carbocycles. The molecular weight excluding hydrogens is 347 g/mol. The third kappa shape index (κ3) is 3.23. The number of nitrogens with zero attached hydrogens (tertiary/aromatic N) is 2. The number of amidine groups is 1. The van der Waals surface area contributed by atoms with Crippen molar-refractivity contribution < 1.29 is 4.39 Å². The van der Waals surface area contributed by atoms with Crippen LogP contribution in [0, 0.1) is 5.82 Å². The van der Waals surface area contributed by atoms with E-state index in [1.165, 1.54) is 10.9 Å².